The van der Waals surface area contributed by atoms with E-state index in [9.17, 15) is 4.79 Å². The minimum atomic E-state index is -0.0720. The van der Waals surface area contributed by atoms with Crippen molar-refractivity contribution in [2.24, 2.45) is 0 Å². The highest BCUT2D eigenvalue weighted by atomic mass is 16.5. The van der Waals surface area contributed by atoms with Gasteiger partial charge in [0.2, 0.25) is 5.95 Å². The van der Waals surface area contributed by atoms with Crippen molar-refractivity contribution in [1.82, 2.24) is 14.9 Å². The first-order valence-electron chi connectivity index (χ1n) is 9.29. The van der Waals surface area contributed by atoms with Crippen molar-refractivity contribution in [2.45, 2.75) is 19.5 Å². The van der Waals surface area contributed by atoms with Gasteiger partial charge in [0.15, 0.2) is 0 Å². The highest BCUT2D eigenvalue weighted by Gasteiger charge is 2.22. The van der Waals surface area contributed by atoms with Crippen molar-refractivity contribution in [3.05, 3.63) is 83.2 Å². The Morgan fingerprint density at radius 3 is 2.75 bits per heavy atom. The fourth-order valence-corrected chi connectivity index (χ4v) is 3.42. The molecule has 142 valence electrons. The van der Waals surface area contributed by atoms with Crippen LogP contribution in [-0.4, -0.2) is 34.4 Å². The summed E-state index contributed by atoms with van der Waals surface area (Å²) in [6, 6.07) is 17.7. The maximum Gasteiger partial charge on any atom is 0.272 e. The fourth-order valence-electron chi connectivity index (χ4n) is 3.42. The van der Waals surface area contributed by atoms with Gasteiger partial charge in [-0.2, -0.15) is 0 Å². The number of hydrogen-bond acceptors (Lipinski definition) is 5. The molecule has 0 aliphatic carbocycles. The Morgan fingerprint density at radius 1 is 1.11 bits per heavy atom. The van der Waals surface area contributed by atoms with Crippen LogP contribution in [0.3, 0.4) is 0 Å². The van der Waals surface area contributed by atoms with Crippen LogP contribution in [-0.2, 0) is 19.5 Å². The zero-order valence-corrected chi connectivity index (χ0v) is 15.8. The van der Waals surface area contributed by atoms with Crippen LogP contribution >= 0.6 is 0 Å². The molecule has 0 spiro atoms. The average molecular weight is 374 g/mol. The van der Waals surface area contributed by atoms with Gasteiger partial charge in [0.1, 0.15) is 11.4 Å². The topological polar surface area (TPSA) is 67.3 Å². The zero-order chi connectivity index (χ0) is 19.3. The molecule has 0 bridgehead atoms. The van der Waals surface area contributed by atoms with Gasteiger partial charge in [-0.25, -0.2) is 9.97 Å². The van der Waals surface area contributed by atoms with E-state index in [4.69, 9.17) is 4.74 Å². The molecular formula is C22H22N4O2. The molecule has 1 aliphatic rings. The SMILES string of the molecule is COc1ccccc1CNc1nccc(C(=O)N2CCc3ccccc3C2)n1. The number of carbonyl (C=O) groups is 1. The number of ether oxygens (including phenoxy) is 1. The molecule has 28 heavy (non-hydrogen) atoms. The molecule has 1 aromatic heterocycles. The Balaban J connectivity index is 1.46. The number of amides is 1. The van der Waals surface area contributed by atoms with Gasteiger partial charge >= 0.3 is 0 Å². The molecule has 2 aromatic carbocycles. The first kappa shape index (κ1) is 18.0. The van der Waals surface area contributed by atoms with Crippen molar-refractivity contribution < 1.29 is 9.53 Å². The van der Waals surface area contributed by atoms with Gasteiger partial charge in [0, 0.05) is 31.4 Å². The Hall–Kier alpha value is -3.41. The lowest BCUT2D eigenvalue weighted by Crippen LogP contribution is -2.36. The summed E-state index contributed by atoms with van der Waals surface area (Å²) < 4.78 is 5.36. The van der Waals surface area contributed by atoms with Gasteiger partial charge in [-0.1, -0.05) is 42.5 Å². The largest absolute Gasteiger partial charge is 0.496 e. The number of rotatable bonds is 5. The Labute approximate surface area is 164 Å². The van der Waals surface area contributed by atoms with E-state index in [1.54, 1.807) is 19.4 Å². The highest BCUT2D eigenvalue weighted by molar-refractivity contribution is 5.92. The third-order valence-corrected chi connectivity index (χ3v) is 4.92. The van der Waals surface area contributed by atoms with Gasteiger partial charge in [-0.15, -0.1) is 0 Å². The summed E-state index contributed by atoms with van der Waals surface area (Å²) in [6.07, 6.45) is 2.48. The normalized spacial score (nSPS) is 13.0. The first-order chi connectivity index (χ1) is 13.7. The first-order valence-corrected chi connectivity index (χ1v) is 9.29. The van der Waals surface area contributed by atoms with E-state index in [0.29, 0.717) is 31.3 Å². The summed E-state index contributed by atoms with van der Waals surface area (Å²) in [5.74, 6) is 1.15. The summed E-state index contributed by atoms with van der Waals surface area (Å²) in [4.78, 5) is 23.4. The van der Waals surface area contributed by atoms with Gasteiger partial charge in [-0.3, -0.25) is 4.79 Å². The van der Waals surface area contributed by atoms with Gasteiger partial charge < -0.3 is 15.0 Å². The maximum atomic E-state index is 12.9. The minimum Gasteiger partial charge on any atom is -0.496 e. The maximum absolute atomic E-state index is 12.9. The molecule has 2 heterocycles. The molecule has 4 rings (SSSR count). The number of methoxy groups -OCH3 is 1. The van der Waals surface area contributed by atoms with Crippen LogP contribution in [0.15, 0.2) is 60.8 Å². The van der Waals surface area contributed by atoms with Crippen LogP contribution in [0.1, 0.15) is 27.2 Å². The highest BCUT2D eigenvalue weighted by Crippen LogP contribution is 2.21. The van der Waals surface area contributed by atoms with Crippen LogP contribution in [0, 0.1) is 0 Å². The third-order valence-electron chi connectivity index (χ3n) is 4.92. The van der Waals surface area contributed by atoms with E-state index in [0.717, 1.165) is 17.7 Å². The minimum absolute atomic E-state index is 0.0720. The molecule has 6 nitrogen and oxygen atoms in total. The van der Waals surface area contributed by atoms with E-state index in [1.807, 2.05) is 41.3 Å². The lowest BCUT2D eigenvalue weighted by Gasteiger charge is -2.28. The number of para-hydroxylation sites is 1. The smallest absolute Gasteiger partial charge is 0.272 e. The van der Waals surface area contributed by atoms with Crippen molar-refractivity contribution in [1.29, 1.82) is 0 Å². The van der Waals surface area contributed by atoms with E-state index in [2.05, 4.69) is 27.4 Å². The molecule has 1 amide bonds. The molecule has 1 aliphatic heterocycles. The number of hydrogen-bond donors (Lipinski definition) is 1. The number of fused-ring (bicyclic) bond motifs is 1. The number of nitrogens with one attached hydrogen (secondary N) is 1. The second kappa shape index (κ2) is 8.08. The molecule has 0 saturated heterocycles. The molecule has 0 fully saturated rings. The standard InChI is InChI=1S/C22H22N4O2/c1-28-20-9-5-4-7-17(20)14-24-22-23-12-10-19(25-22)21(27)26-13-11-16-6-2-3-8-18(16)15-26/h2-10,12H,11,13-15H2,1H3,(H,23,24,25). The van der Waals surface area contributed by atoms with Crippen LogP contribution in [0.4, 0.5) is 5.95 Å². The van der Waals surface area contributed by atoms with Crippen molar-refractivity contribution in [2.75, 3.05) is 19.0 Å². The molecule has 0 unspecified atom stereocenters. The second-order valence-electron chi connectivity index (χ2n) is 6.68. The fraction of sp³-hybridized carbons (Fsp3) is 0.227. The molecule has 3 aromatic rings. The molecule has 0 radical (unpaired) electrons. The molecule has 0 saturated carbocycles. The van der Waals surface area contributed by atoms with E-state index >= 15 is 0 Å². The van der Waals surface area contributed by atoms with Crippen molar-refractivity contribution in [3.8, 4) is 5.75 Å². The number of benzene rings is 2. The Kier molecular flexibility index (Phi) is 5.19. The van der Waals surface area contributed by atoms with Crippen LogP contribution in [0.25, 0.3) is 0 Å². The quantitative estimate of drug-likeness (QED) is 0.742. The van der Waals surface area contributed by atoms with Gasteiger partial charge in [-0.05, 0) is 29.7 Å². The summed E-state index contributed by atoms with van der Waals surface area (Å²) in [7, 11) is 1.64. The third kappa shape index (κ3) is 3.81. The van der Waals surface area contributed by atoms with Gasteiger partial charge in [0.05, 0.1) is 7.11 Å². The lowest BCUT2D eigenvalue weighted by molar-refractivity contribution is 0.0728. The van der Waals surface area contributed by atoms with Crippen molar-refractivity contribution in [3.63, 3.8) is 0 Å². The Bertz CT molecular complexity index is 990. The Morgan fingerprint density at radius 2 is 1.89 bits per heavy atom. The molecule has 0 atom stereocenters. The summed E-state index contributed by atoms with van der Waals surface area (Å²) in [6.45, 7) is 1.82. The van der Waals surface area contributed by atoms with E-state index in [1.165, 1.54) is 11.1 Å². The number of aromatic nitrogens is 2. The number of nitrogens with zero attached hydrogens (tertiary/aromatic N) is 3. The summed E-state index contributed by atoms with van der Waals surface area (Å²) >= 11 is 0. The predicted molar refractivity (Wildman–Crippen MR) is 107 cm³/mol. The number of anilines is 1. The molecular weight excluding hydrogens is 352 g/mol. The second-order valence-corrected chi connectivity index (χ2v) is 6.68. The number of carbonyl (C=O) groups excluding carboxylic acids is 1. The monoisotopic (exact) mass is 374 g/mol. The molecule has 6 heteroatoms. The zero-order valence-electron chi connectivity index (χ0n) is 15.8. The van der Waals surface area contributed by atoms with Crippen LogP contribution in [0.5, 0.6) is 5.75 Å². The van der Waals surface area contributed by atoms with Crippen molar-refractivity contribution >= 4 is 11.9 Å². The predicted octanol–water partition coefficient (Wildman–Crippen LogP) is 3.30. The summed E-state index contributed by atoms with van der Waals surface area (Å²) in [5, 5.41) is 3.18. The lowest BCUT2D eigenvalue weighted by atomic mass is 10.00. The van der Waals surface area contributed by atoms with E-state index in [-0.39, 0.29) is 5.91 Å². The van der Waals surface area contributed by atoms with E-state index < -0.39 is 0 Å². The van der Waals surface area contributed by atoms with Gasteiger partial charge in [0.25, 0.3) is 5.91 Å². The average Bonchev–Trinajstić information content (AvgIpc) is 2.77. The van der Waals surface area contributed by atoms with Crippen LogP contribution < -0.4 is 10.1 Å². The van der Waals surface area contributed by atoms with Crippen LogP contribution in [0.2, 0.25) is 0 Å². The molecule has 1 N–H and O–H groups in total. The summed E-state index contributed by atoms with van der Waals surface area (Å²) in [5.41, 5.74) is 3.91.